The van der Waals surface area contributed by atoms with Crippen molar-refractivity contribution in [3.05, 3.63) is 81.2 Å². The molecule has 0 amide bonds. The van der Waals surface area contributed by atoms with Gasteiger partial charge in [-0.3, -0.25) is 4.99 Å². The second kappa shape index (κ2) is 8.93. The predicted molar refractivity (Wildman–Crippen MR) is 111 cm³/mol. The number of benzene rings is 2. The standard InChI is InChI=1S/C19H13BrClF3N2O3S/c20-12-1-6-16(7-2-12)30(27,28)26-11-15-5-4-14(29-15)10-25-13-3-8-18(21)17(9-13)19(22,23)24/h1-10,26H,11H2. The van der Waals surface area contributed by atoms with Gasteiger partial charge in [-0.25, -0.2) is 13.1 Å². The molecule has 2 aromatic carbocycles. The van der Waals surface area contributed by atoms with Crippen molar-refractivity contribution in [2.24, 2.45) is 4.99 Å². The lowest BCUT2D eigenvalue weighted by atomic mass is 10.2. The van der Waals surface area contributed by atoms with E-state index >= 15 is 0 Å². The van der Waals surface area contributed by atoms with E-state index in [1.54, 1.807) is 12.1 Å². The Morgan fingerprint density at radius 2 is 1.80 bits per heavy atom. The molecule has 0 fully saturated rings. The van der Waals surface area contributed by atoms with Crippen LogP contribution < -0.4 is 4.72 Å². The van der Waals surface area contributed by atoms with Crippen LogP contribution >= 0.6 is 27.5 Å². The fourth-order valence-corrected chi connectivity index (χ4v) is 3.85. The van der Waals surface area contributed by atoms with Crippen LogP contribution in [0.1, 0.15) is 17.1 Å². The van der Waals surface area contributed by atoms with Gasteiger partial charge < -0.3 is 4.42 Å². The first kappa shape index (κ1) is 22.5. The van der Waals surface area contributed by atoms with Gasteiger partial charge in [-0.2, -0.15) is 13.2 Å². The van der Waals surface area contributed by atoms with E-state index in [4.69, 9.17) is 16.0 Å². The number of alkyl halides is 3. The minimum absolute atomic E-state index is 0.0422. The molecule has 0 radical (unpaired) electrons. The smallest absolute Gasteiger partial charge is 0.417 e. The number of aliphatic imine (C=N–C) groups is 1. The van der Waals surface area contributed by atoms with Crippen LogP contribution in [0.15, 0.2) is 73.4 Å². The molecule has 1 heterocycles. The Labute approximate surface area is 183 Å². The number of hydrogen-bond donors (Lipinski definition) is 1. The van der Waals surface area contributed by atoms with E-state index in [0.717, 1.165) is 16.6 Å². The van der Waals surface area contributed by atoms with Crippen molar-refractivity contribution in [3.63, 3.8) is 0 Å². The van der Waals surface area contributed by atoms with Gasteiger partial charge in [0.15, 0.2) is 0 Å². The summed E-state index contributed by atoms with van der Waals surface area (Å²) in [6.45, 7) is -0.106. The lowest BCUT2D eigenvalue weighted by Crippen LogP contribution is -2.22. The molecule has 30 heavy (non-hydrogen) atoms. The molecule has 0 saturated heterocycles. The fraction of sp³-hybridized carbons (Fsp3) is 0.105. The second-order valence-electron chi connectivity index (χ2n) is 6.00. The van der Waals surface area contributed by atoms with Crippen LogP contribution in [-0.4, -0.2) is 14.6 Å². The Bertz CT molecular complexity index is 1180. The molecule has 158 valence electrons. The van der Waals surface area contributed by atoms with Gasteiger partial charge in [0.25, 0.3) is 0 Å². The summed E-state index contributed by atoms with van der Waals surface area (Å²) in [5.41, 5.74) is -0.943. The number of nitrogens with one attached hydrogen (secondary N) is 1. The van der Waals surface area contributed by atoms with E-state index in [0.29, 0.717) is 5.76 Å². The first-order valence-corrected chi connectivity index (χ1v) is 10.9. The lowest BCUT2D eigenvalue weighted by molar-refractivity contribution is -0.137. The molecule has 0 spiro atoms. The average molecular weight is 522 g/mol. The minimum Gasteiger partial charge on any atom is -0.459 e. The molecular weight excluding hydrogens is 509 g/mol. The number of rotatable bonds is 6. The van der Waals surface area contributed by atoms with E-state index in [1.165, 1.54) is 36.5 Å². The van der Waals surface area contributed by atoms with Crippen LogP contribution in [-0.2, 0) is 22.7 Å². The highest BCUT2D eigenvalue weighted by Gasteiger charge is 2.33. The van der Waals surface area contributed by atoms with E-state index in [2.05, 4.69) is 25.6 Å². The van der Waals surface area contributed by atoms with Crippen molar-refractivity contribution in [2.75, 3.05) is 0 Å². The molecule has 0 bridgehead atoms. The average Bonchev–Trinajstić information content (AvgIpc) is 3.13. The highest BCUT2D eigenvalue weighted by molar-refractivity contribution is 9.10. The third-order valence-electron chi connectivity index (χ3n) is 3.84. The van der Waals surface area contributed by atoms with Crippen molar-refractivity contribution in [1.82, 2.24) is 4.72 Å². The maximum absolute atomic E-state index is 12.9. The predicted octanol–water partition coefficient (Wildman–Crippen LogP) is 5.94. The van der Waals surface area contributed by atoms with Crippen molar-refractivity contribution < 1.29 is 26.0 Å². The topological polar surface area (TPSA) is 71.7 Å². The Morgan fingerprint density at radius 3 is 2.47 bits per heavy atom. The maximum atomic E-state index is 12.9. The van der Waals surface area contributed by atoms with Crippen molar-refractivity contribution >= 4 is 49.5 Å². The largest absolute Gasteiger partial charge is 0.459 e. The molecule has 1 N–H and O–H groups in total. The number of nitrogens with zero attached hydrogens (tertiary/aromatic N) is 1. The van der Waals surface area contributed by atoms with Gasteiger partial charge in [0.2, 0.25) is 10.0 Å². The van der Waals surface area contributed by atoms with Gasteiger partial charge in [-0.1, -0.05) is 27.5 Å². The van der Waals surface area contributed by atoms with Gasteiger partial charge in [0, 0.05) is 4.47 Å². The number of furan rings is 1. The van der Waals surface area contributed by atoms with E-state index in [-0.39, 0.29) is 22.9 Å². The molecule has 3 aromatic rings. The fourth-order valence-electron chi connectivity index (χ4n) is 2.37. The van der Waals surface area contributed by atoms with Crippen LogP contribution in [0, 0.1) is 0 Å². The van der Waals surface area contributed by atoms with Gasteiger partial charge >= 0.3 is 6.18 Å². The van der Waals surface area contributed by atoms with Gasteiger partial charge in [0.1, 0.15) is 11.5 Å². The summed E-state index contributed by atoms with van der Waals surface area (Å²) in [5, 5.41) is -0.417. The molecule has 11 heteroatoms. The summed E-state index contributed by atoms with van der Waals surface area (Å²) in [6.07, 6.45) is -3.36. The molecule has 0 atom stereocenters. The van der Waals surface area contributed by atoms with E-state index in [9.17, 15) is 21.6 Å². The van der Waals surface area contributed by atoms with Crippen LogP contribution in [0.3, 0.4) is 0 Å². The third-order valence-corrected chi connectivity index (χ3v) is 6.11. The maximum Gasteiger partial charge on any atom is 0.417 e. The van der Waals surface area contributed by atoms with Crippen molar-refractivity contribution in [1.29, 1.82) is 0 Å². The summed E-state index contributed by atoms with van der Waals surface area (Å²) in [6, 6.07) is 12.5. The monoisotopic (exact) mass is 520 g/mol. The molecule has 0 aliphatic heterocycles. The Balaban J connectivity index is 1.67. The van der Waals surface area contributed by atoms with Crippen LogP contribution in [0.25, 0.3) is 0 Å². The molecule has 3 rings (SSSR count). The normalized spacial score (nSPS) is 12.6. The zero-order valence-electron chi connectivity index (χ0n) is 15.0. The van der Waals surface area contributed by atoms with E-state index in [1.807, 2.05) is 0 Å². The van der Waals surface area contributed by atoms with Gasteiger partial charge in [-0.05, 0) is 54.6 Å². The van der Waals surface area contributed by atoms with Crippen molar-refractivity contribution in [3.8, 4) is 0 Å². The zero-order chi connectivity index (χ0) is 21.9. The molecule has 0 aliphatic carbocycles. The van der Waals surface area contributed by atoms with Crippen LogP contribution in [0.5, 0.6) is 0 Å². The van der Waals surface area contributed by atoms with Gasteiger partial charge in [-0.15, -0.1) is 0 Å². The number of halogens is 5. The molecule has 0 saturated carbocycles. The Hall–Kier alpha value is -2.14. The SMILES string of the molecule is O=S(=O)(NCc1ccc(C=Nc2ccc(Cl)c(C(F)(F)F)c2)o1)c1ccc(Br)cc1. The first-order chi connectivity index (χ1) is 14.0. The third kappa shape index (κ3) is 5.72. The summed E-state index contributed by atoms with van der Waals surface area (Å²) in [4.78, 5) is 4.05. The number of sulfonamides is 1. The second-order valence-corrected chi connectivity index (χ2v) is 9.09. The zero-order valence-corrected chi connectivity index (χ0v) is 18.1. The Kier molecular flexibility index (Phi) is 6.71. The number of hydrogen-bond acceptors (Lipinski definition) is 4. The van der Waals surface area contributed by atoms with Crippen LogP contribution in [0.4, 0.5) is 18.9 Å². The van der Waals surface area contributed by atoms with Gasteiger partial charge in [0.05, 0.1) is 33.9 Å². The first-order valence-electron chi connectivity index (χ1n) is 8.29. The van der Waals surface area contributed by atoms with Crippen LogP contribution in [0.2, 0.25) is 5.02 Å². The van der Waals surface area contributed by atoms with Crippen molar-refractivity contribution in [2.45, 2.75) is 17.6 Å². The highest BCUT2D eigenvalue weighted by Crippen LogP contribution is 2.36. The lowest BCUT2D eigenvalue weighted by Gasteiger charge is -2.08. The molecular formula is C19H13BrClF3N2O3S. The molecule has 5 nitrogen and oxygen atoms in total. The summed E-state index contributed by atoms with van der Waals surface area (Å²) < 4.78 is 71.9. The summed E-state index contributed by atoms with van der Waals surface area (Å²) in [7, 11) is -3.73. The quantitative estimate of drug-likeness (QED) is 0.408. The molecule has 1 aromatic heterocycles. The molecule has 0 unspecified atom stereocenters. The summed E-state index contributed by atoms with van der Waals surface area (Å²) >= 11 is 8.81. The summed E-state index contributed by atoms with van der Waals surface area (Å²) in [5.74, 6) is 0.556. The van der Waals surface area contributed by atoms with E-state index < -0.39 is 26.8 Å². The Morgan fingerprint density at radius 1 is 1.10 bits per heavy atom. The highest BCUT2D eigenvalue weighted by atomic mass is 79.9. The molecule has 0 aliphatic rings. The minimum atomic E-state index is -4.59.